The second kappa shape index (κ2) is 6.93. The summed E-state index contributed by atoms with van der Waals surface area (Å²) in [5.41, 5.74) is 2.64. The first kappa shape index (κ1) is 17.9. The van der Waals surface area contributed by atoms with Crippen LogP contribution in [0, 0.1) is 5.92 Å². The van der Waals surface area contributed by atoms with Gasteiger partial charge in [0.25, 0.3) is 0 Å². The molecule has 2 aromatic carbocycles. The van der Waals surface area contributed by atoms with Crippen LogP contribution in [0.15, 0.2) is 55.1 Å². The van der Waals surface area contributed by atoms with Gasteiger partial charge in [-0.1, -0.05) is 29.8 Å². The summed E-state index contributed by atoms with van der Waals surface area (Å²) in [6.45, 7) is 4.41. The van der Waals surface area contributed by atoms with Gasteiger partial charge >= 0.3 is 6.03 Å². The molecule has 1 N–H and O–H groups in total. The van der Waals surface area contributed by atoms with Gasteiger partial charge in [0, 0.05) is 10.6 Å². The van der Waals surface area contributed by atoms with Crippen molar-refractivity contribution in [3.8, 4) is 5.75 Å². The third-order valence-corrected chi connectivity index (χ3v) is 5.78. The minimum Gasteiger partial charge on any atom is -0.497 e. The van der Waals surface area contributed by atoms with Crippen LogP contribution in [-0.4, -0.2) is 13.1 Å². The summed E-state index contributed by atoms with van der Waals surface area (Å²) >= 11 is 6.34. The molecule has 0 saturated heterocycles. The van der Waals surface area contributed by atoms with Gasteiger partial charge in [-0.2, -0.15) is 0 Å². The molecule has 4 nitrogen and oxygen atoms in total. The minimum absolute atomic E-state index is 0.0746. The number of hydrogen-bond acceptors (Lipinski definition) is 2. The number of nitrogens with one attached hydrogen (secondary N) is 1. The molecule has 1 aliphatic heterocycles. The first-order chi connectivity index (χ1) is 13.1. The van der Waals surface area contributed by atoms with Gasteiger partial charge in [0.05, 0.1) is 24.9 Å². The number of hydrogen-bond donors (Lipinski definition) is 1. The van der Waals surface area contributed by atoms with E-state index in [1.54, 1.807) is 12.0 Å². The Balaban J connectivity index is 1.75. The highest BCUT2D eigenvalue weighted by molar-refractivity contribution is 6.30. The molecule has 0 aromatic heterocycles. The summed E-state index contributed by atoms with van der Waals surface area (Å²) in [4.78, 5) is 14.9. The van der Waals surface area contributed by atoms with Crippen LogP contribution >= 0.6 is 11.6 Å². The van der Waals surface area contributed by atoms with E-state index in [-0.39, 0.29) is 6.03 Å². The van der Waals surface area contributed by atoms with Gasteiger partial charge in [-0.05, 0) is 61.1 Å². The van der Waals surface area contributed by atoms with Crippen molar-refractivity contribution in [2.24, 2.45) is 5.92 Å². The highest BCUT2D eigenvalue weighted by Gasteiger charge is 2.51. The summed E-state index contributed by atoms with van der Waals surface area (Å²) in [6, 6.07) is 13.5. The number of nitrogens with zero attached hydrogens (tertiary/aromatic N) is 1. The van der Waals surface area contributed by atoms with Crippen LogP contribution in [0.5, 0.6) is 5.75 Å². The van der Waals surface area contributed by atoms with E-state index in [0.29, 0.717) is 23.9 Å². The molecule has 0 bridgehead atoms. The smallest absolute Gasteiger partial charge is 0.322 e. The molecule has 2 amide bonds. The fourth-order valence-electron chi connectivity index (χ4n) is 4.06. The maximum atomic E-state index is 13.1. The Morgan fingerprint density at radius 1 is 1.30 bits per heavy atom. The first-order valence-corrected chi connectivity index (χ1v) is 9.59. The van der Waals surface area contributed by atoms with Crippen molar-refractivity contribution in [2.75, 3.05) is 12.0 Å². The average molecular weight is 383 g/mol. The zero-order valence-corrected chi connectivity index (χ0v) is 16.1. The number of ether oxygens (including phenoxy) is 1. The molecule has 1 fully saturated rings. The van der Waals surface area contributed by atoms with Gasteiger partial charge in [-0.3, -0.25) is 4.90 Å². The number of methoxy groups -OCH3 is 1. The van der Waals surface area contributed by atoms with Crippen LogP contribution in [-0.2, 0) is 12.1 Å². The maximum absolute atomic E-state index is 13.1. The molecule has 4 rings (SSSR count). The van der Waals surface area contributed by atoms with E-state index in [0.717, 1.165) is 35.4 Å². The van der Waals surface area contributed by atoms with Crippen molar-refractivity contribution in [3.63, 3.8) is 0 Å². The van der Waals surface area contributed by atoms with E-state index in [4.69, 9.17) is 16.3 Å². The highest BCUT2D eigenvalue weighted by atomic mass is 35.5. The predicted octanol–water partition coefficient (Wildman–Crippen LogP) is 5.26. The number of carbonyl (C=O) groups is 1. The third kappa shape index (κ3) is 3.19. The second-order valence-corrected chi connectivity index (χ2v) is 7.70. The normalized spacial score (nSPS) is 21.4. The molecule has 1 heterocycles. The standard InChI is InChI=1S/C22H23ClN2O2/c1-3-12-22(16-6-7-16)19-13-17(23)8-11-20(19)25(21(26)24-22)14-15-4-9-18(27-2)10-5-15/h3-5,8-11,13,16H,1,6-7,12,14H2,2H3,(H,24,26). The lowest BCUT2D eigenvalue weighted by atomic mass is 9.79. The molecular weight excluding hydrogens is 360 g/mol. The largest absolute Gasteiger partial charge is 0.497 e. The molecule has 2 aliphatic rings. The van der Waals surface area contributed by atoms with Crippen molar-refractivity contribution in [3.05, 3.63) is 71.3 Å². The van der Waals surface area contributed by atoms with Gasteiger partial charge in [-0.15, -0.1) is 6.58 Å². The van der Waals surface area contributed by atoms with E-state index in [1.807, 2.05) is 48.5 Å². The Morgan fingerprint density at radius 2 is 2.04 bits per heavy atom. The van der Waals surface area contributed by atoms with Crippen molar-refractivity contribution < 1.29 is 9.53 Å². The Morgan fingerprint density at radius 3 is 2.67 bits per heavy atom. The Hall–Kier alpha value is -2.46. The third-order valence-electron chi connectivity index (χ3n) is 5.55. The molecule has 1 atom stereocenters. The van der Waals surface area contributed by atoms with Crippen LogP contribution in [0.2, 0.25) is 5.02 Å². The lowest BCUT2D eigenvalue weighted by molar-refractivity contribution is 0.217. The molecule has 1 unspecified atom stereocenters. The number of carbonyl (C=O) groups excluding carboxylic acids is 1. The van der Waals surface area contributed by atoms with Gasteiger partial charge in [0.1, 0.15) is 5.75 Å². The average Bonchev–Trinajstić information content (AvgIpc) is 3.51. The van der Waals surface area contributed by atoms with Gasteiger partial charge in [0.2, 0.25) is 0 Å². The van der Waals surface area contributed by atoms with Crippen LogP contribution in [0.4, 0.5) is 10.5 Å². The van der Waals surface area contributed by atoms with Crippen LogP contribution < -0.4 is 15.0 Å². The monoisotopic (exact) mass is 382 g/mol. The lowest BCUT2D eigenvalue weighted by Crippen LogP contribution is -2.57. The topological polar surface area (TPSA) is 41.6 Å². The first-order valence-electron chi connectivity index (χ1n) is 9.21. The SMILES string of the molecule is C=CCC1(C2CC2)NC(=O)N(Cc2ccc(OC)cc2)c2ccc(Cl)cc21. The lowest BCUT2D eigenvalue weighted by Gasteiger charge is -2.44. The van der Waals surface area contributed by atoms with E-state index in [1.165, 1.54) is 0 Å². The van der Waals surface area contributed by atoms with Crippen molar-refractivity contribution in [1.29, 1.82) is 0 Å². The quantitative estimate of drug-likeness (QED) is 0.692. The predicted molar refractivity (Wildman–Crippen MR) is 108 cm³/mol. The van der Waals surface area contributed by atoms with Crippen LogP contribution in [0.25, 0.3) is 0 Å². The molecule has 0 spiro atoms. The summed E-state index contributed by atoms with van der Waals surface area (Å²) < 4.78 is 5.22. The summed E-state index contributed by atoms with van der Waals surface area (Å²) in [5, 5.41) is 3.99. The highest BCUT2D eigenvalue weighted by Crippen LogP contribution is 2.52. The zero-order chi connectivity index (χ0) is 19.0. The van der Waals surface area contributed by atoms with Crippen molar-refractivity contribution in [2.45, 2.75) is 31.3 Å². The molecule has 5 heteroatoms. The molecule has 140 valence electrons. The molecular formula is C22H23ClN2O2. The van der Waals surface area contributed by atoms with Gasteiger partial charge in [0.15, 0.2) is 0 Å². The number of amides is 2. The molecule has 0 radical (unpaired) electrons. The number of fused-ring (bicyclic) bond motifs is 1. The Labute approximate surface area is 164 Å². The van der Waals surface area contributed by atoms with Crippen LogP contribution in [0.1, 0.15) is 30.4 Å². The number of benzene rings is 2. The van der Waals surface area contributed by atoms with Gasteiger partial charge < -0.3 is 10.1 Å². The number of rotatable bonds is 6. The Bertz CT molecular complexity index is 876. The van der Waals surface area contributed by atoms with E-state index < -0.39 is 5.54 Å². The van der Waals surface area contributed by atoms with Gasteiger partial charge in [-0.25, -0.2) is 4.79 Å². The number of anilines is 1. The second-order valence-electron chi connectivity index (χ2n) is 7.26. The summed E-state index contributed by atoms with van der Waals surface area (Å²) in [5.74, 6) is 1.23. The molecule has 1 aliphatic carbocycles. The molecule has 2 aromatic rings. The zero-order valence-electron chi connectivity index (χ0n) is 15.4. The summed E-state index contributed by atoms with van der Waals surface area (Å²) in [7, 11) is 1.64. The fourth-order valence-corrected chi connectivity index (χ4v) is 4.23. The van der Waals surface area contributed by atoms with E-state index in [9.17, 15) is 4.79 Å². The molecule has 1 saturated carbocycles. The molecule has 27 heavy (non-hydrogen) atoms. The number of urea groups is 1. The maximum Gasteiger partial charge on any atom is 0.322 e. The van der Waals surface area contributed by atoms with E-state index >= 15 is 0 Å². The van der Waals surface area contributed by atoms with Crippen molar-refractivity contribution in [1.82, 2.24) is 5.32 Å². The minimum atomic E-state index is -0.407. The van der Waals surface area contributed by atoms with Crippen LogP contribution in [0.3, 0.4) is 0 Å². The van der Waals surface area contributed by atoms with E-state index in [2.05, 4.69) is 11.9 Å². The van der Waals surface area contributed by atoms with Crippen molar-refractivity contribution >= 4 is 23.3 Å². The number of halogens is 1. The Kier molecular flexibility index (Phi) is 4.60. The fraction of sp³-hybridized carbons (Fsp3) is 0.318. The summed E-state index contributed by atoms with van der Waals surface area (Å²) in [6.07, 6.45) is 4.81.